The topological polar surface area (TPSA) is 93.2 Å². The van der Waals surface area contributed by atoms with Gasteiger partial charge in [0.2, 0.25) is 0 Å². The van der Waals surface area contributed by atoms with E-state index in [1.807, 2.05) is 19.1 Å². The van der Waals surface area contributed by atoms with Crippen molar-refractivity contribution in [3.05, 3.63) is 153 Å². The Morgan fingerprint density at radius 1 is 0.767 bits per heavy atom. The fourth-order valence-electron chi connectivity index (χ4n) is 10.4. The van der Waals surface area contributed by atoms with Gasteiger partial charge < -0.3 is 20.0 Å². The molecule has 0 amide bonds. The molecule has 3 atom stereocenters. The molecule has 3 aliphatic heterocycles. The number of rotatable bonds is 7. The van der Waals surface area contributed by atoms with Gasteiger partial charge in [-0.05, 0) is 124 Å². The van der Waals surface area contributed by atoms with Crippen molar-refractivity contribution in [2.24, 2.45) is 4.99 Å². The molecule has 0 spiro atoms. The van der Waals surface area contributed by atoms with E-state index in [0.717, 1.165) is 99.4 Å². The first-order chi connectivity index (χ1) is 29.1. The average molecular weight is 818 g/mol. The van der Waals surface area contributed by atoms with Crippen LogP contribution in [0.4, 0.5) is 11.4 Å². The van der Waals surface area contributed by atoms with Crippen LogP contribution in [0.1, 0.15) is 99.5 Å². The summed E-state index contributed by atoms with van der Waals surface area (Å²) in [6, 6.07) is 34.9. The number of nitrogens with zero attached hydrogens (tertiary/aromatic N) is 7. The molecule has 4 aromatic carbocycles. The van der Waals surface area contributed by atoms with Crippen molar-refractivity contribution < 1.29 is 10.2 Å². The highest BCUT2D eigenvalue weighted by molar-refractivity contribution is 7.15. The number of piperidine rings is 1. The van der Waals surface area contributed by atoms with Gasteiger partial charge in [-0.2, -0.15) is 0 Å². The SMILES string of the molecule is Cc1sc2c(c1C)C(c1ccc(N3CCC(O)(CN4CCN(c5ccc([C@@H]6c7ccc(O)cc7CC[C@@H]6c6ccccc6)cc5)CC4)CC3)cc1)=N[C@@H](C)c1nnc(C)n1-2. The van der Waals surface area contributed by atoms with Crippen LogP contribution in [-0.2, 0) is 6.42 Å². The van der Waals surface area contributed by atoms with Gasteiger partial charge in [0.05, 0.1) is 11.3 Å². The van der Waals surface area contributed by atoms with Gasteiger partial charge in [-0.25, -0.2) is 0 Å². The van der Waals surface area contributed by atoms with Crippen LogP contribution in [0.5, 0.6) is 5.75 Å². The Kier molecular flexibility index (Phi) is 10.1. The van der Waals surface area contributed by atoms with Crippen LogP contribution in [0.2, 0.25) is 0 Å². The molecule has 1 aliphatic carbocycles. The zero-order chi connectivity index (χ0) is 41.1. The normalized spacial score (nSPS) is 21.5. The van der Waals surface area contributed by atoms with E-state index in [0.29, 0.717) is 11.7 Å². The number of anilines is 2. The minimum Gasteiger partial charge on any atom is -0.508 e. The number of phenolic OH excluding ortho intramolecular Hbond substituents is 1. The molecule has 4 aliphatic rings. The Labute approximate surface area is 357 Å². The van der Waals surface area contributed by atoms with Gasteiger partial charge in [-0.15, -0.1) is 21.5 Å². The van der Waals surface area contributed by atoms with Crippen LogP contribution in [0.15, 0.2) is 102 Å². The predicted molar refractivity (Wildman–Crippen MR) is 243 cm³/mol. The van der Waals surface area contributed by atoms with Crippen LogP contribution < -0.4 is 9.80 Å². The van der Waals surface area contributed by atoms with E-state index in [1.165, 1.54) is 49.6 Å². The van der Waals surface area contributed by atoms with Gasteiger partial charge in [0.25, 0.3) is 0 Å². The van der Waals surface area contributed by atoms with Gasteiger partial charge in [0, 0.05) is 79.1 Å². The molecular formula is C50H55N7O2S. The molecule has 60 heavy (non-hydrogen) atoms. The third-order valence-corrected chi connectivity index (χ3v) is 15.1. The number of aliphatic imine (C=N–C) groups is 1. The number of aromatic nitrogens is 3. The molecular weight excluding hydrogens is 763 g/mol. The Bertz CT molecular complexity index is 2530. The second kappa shape index (κ2) is 15.6. The maximum atomic E-state index is 11.9. The molecule has 0 radical (unpaired) electrons. The maximum Gasteiger partial charge on any atom is 0.162 e. The summed E-state index contributed by atoms with van der Waals surface area (Å²) in [5.41, 5.74) is 11.6. The van der Waals surface area contributed by atoms with E-state index >= 15 is 0 Å². The van der Waals surface area contributed by atoms with Crippen molar-refractivity contribution in [3.8, 4) is 10.8 Å². The van der Waals surface area contributed by atoms with Gasteiger partial charge in [0.1, 0.15) is 22.6 Å². The second-order valence-electron chi connectivity index (χ2n) is 17.6. The van der Waals surface area contributed by atoms with Gasteiger partial charge in [-0.3, -0.25) is 14.5 Å². The minimum absolute atomic E-state index is 0.105. The lowest BCUT2D eigenvalue weighted by Gasteiger charge is -2.44. The molecule has 0 saturated carbocycles. The minimum atomic E-state index is -0.684. The second-order valence-corrected chi connectivity index (χ2v) is 18.8. The summed E-state index contributed by atoms with van der Waals surface area (Å²) in [5.74, 6) is 2.77. The van der Waals surface area contributed by atoms with E-state index < -0.39 is 5.60 Å². The third kappa shape index (κ3) is 7.12. The first-order valence-corrected chi connectivity index (χ1v) is 22.6. The van der Waals surface area contributed by atoms with Crippen molar-refractivity contribution in [1.82, 2.24) is 19.7 Å². The number of thiophene rings is 1. The molecule has 308 valence electrons. The number of piperazine rings is 1. The van der Waals surface area contributed by atoms with Crippen molar-refractivity contribution in [1.29, 1.82) is 0 Å². The van der Waals surface area contributed by atoms with E-state index in [-0.39, 0.29) is 12.0 Å². The summed E-state index contributed by atoms with van der Waals surface area (Å²) in [4.78, 5) is 13.9. The number of aromatic hydroxyl groups is 1. The molecule has 10 rings (SSSR count). The molecule has 2 aromatic heterocycles. The summed E-state index contributed by atoms with van der Waals surface area (Å²) >= 11 is 1.79. The molecule has 2 saturated heterocycles. The van der Waals surface area contributed by atoms with Crippen LogP contribution in [0.25, 0.3) is 5.00 Å². The van der Waals surface area contributed by atoms with E-state index in [1.54, 1.807) is 11.3 Å². The Hall–Kier alpha value is -5.29. The van der Waals surface area contributed by atoms with Crippen LogP contribution in [0.3, 0.4) is 0 Å². The highest BCUT2D eigenvalue weighted by Gasteiger charge is 2.36. The monoisotopic (exact) mass is 817 g/mol. The number of benzene rings is 4. The highest BCUT2D eigenvalue weighted by Crippen LogP contribution is 2.47. The lowest BCUT2D eigenvalue weighted by molar-refractivity contribution is -0.0173. The summed E-state index contributed by atoms with van der Waals surface area (Å²) < 4.78 is 2.19. The Morgan fingerprint density at radius 2 is 1.45 bits per heavy atom. The van der Waals surface area contributed by atoms with E-state index in [4.69, 9.17) is 4.99 Å². The molecule has 6 aromatic rings. The number of β-amino-alcohol motifs (C(OH)–C–C–N with tert-alkyl or cyclic N) is 1. The molecule has 9 nitrogen and oxygen atoms in total. The lowest BCUT2D eigenvalue weighted by Crippen LogP contribution is -2.55. The van der Waals surface area contributed by atoms with E-state index in [2.05, 4.69) is 135 Å². The Balaban J connectivity index is 0.760. The summed E-state index contributed by atoms with van der Waals surface area (Å²) in [6.07, 6.45) is 3.55. The maximum absolute atomic E-state index is 11.9. The molecule has 5 heterocycles. The smallest absolute Gasteiger partial charge is 0.162 e. The molecule has 0 bridgehead atoms. The molecule has 2 N–H and O–H groups in total. The van der Waals surface area contributed by atoms with Crippen molar-refractivity contribution in [2.45, 2.75) is 76.9 Å². The standard InChI is InChI=1S/C50H55N7O2S/c1-32-34(3)60-49-45(32)47(51-33(2)48-53-52-35(4)57(48)49)38-12-17-40(18-13-38)55-24-22-50(59,23-25-55)31-54-26-28-56(29-27-54)41-15-10-37(11-16-41)46-43(36-8-6-5-7-9-36)20-14-39-30-42(58)19-21-44(39)46/h5-13,15-19,21,30,33,43,46,58-59H,14,20,22-29,31H2,1-4H3/t33-,43+,46-/m0/s1. The van der Waals surface area contributed by atoms with Crippen molar-refractivity contribution in [2.75, 3.05) is 55.6 Å². The molecule has 0 unspecified atom stereocenters. The zero-order valence-corrected chi connectivity index (χ0v) is 36.0. The van der Waals surface area contributed by atoms with Gasteiger partial charge >= 0.3 is 0 Å². The summed E-state index contributed by atoms with van der Waals surface area (Å²) in [5, 5.41) is 32.2. The van der Waals surface area contributed by atoms with Crippen molar-refractivity contribution >= 4 is 28.4 Å². The quantitative estimate of drug-likeness (QED) is 0.166. The first kappa shape index (κ1) is 38.9. The largest absolute Gasteiger partial charge is 0.508 e. The van der Waals surface area contributed by atoms with E-state index in [9.17, 15) is 10.2 Å². The lowest BCUT2D eigenvalue weighted by atomic mass is 9.69. The summed E-state index contributed by atoms with van der Waals surface area (Å²) in [7, 11) is 0. The highest BCUT2D eigenvalue weighted by atomic mass is 32.1. The number of aliphatic hydroxyl groups is 1. The van der Waals surface area contributed by atoms with Crippen molar-refractivity contribution in [3.63, 3.8) is 0 Å². The number of hydrogen-bond acceptors (Lipinski definition) is 9. The molecule has 10 heteroatoms. The number of phenols is 1. The van der Waals surface area contributed by atoms with Crippen LogP contribution in [0, 0.1) is 20.8 Å². The number of aryl methyl sites for hydroxylation is 3. The van der Waals surface area contributed by atoms with Gasteiger partial charge in [0.15, 0.2) is 5.82 Å². The first-order valence-electron chi connectivity index (χ1n) is 21.7. The number of hydrogen-bond donors (Lipinski definition) is 2. The number of fused-ring (bicyclic) bond motifs is 4. The Morgan fingerprint density at radius 3 is 2.17 bits per heavy atom. The zero-order valence-electron chi connectivity index (χ0n) is 35.2. The van der Waals surface area contributed by atoms with Gasteiger partial charge in [-0.1, -0.05) is 60.7 Å². The summed E-state index contributed by atoms with van der Waals surface area (Å²) in [6.45, 7) is 14.7. The average Bonchev–Trinajstić information content (AvgIpc) is 3.76. The van der Waals surface area contributed by atoms with Crippen LogP contribution in [-0.4, -0.2) is 87.0 Å². The predicted octanol–water partition coefficient (Wildman–Crippen LogP) is 8.89. The molecule has 2 fully saturated rings. The fraction of sp³-hybridized carbons (Fsp3) is 0.380. The fourth-order valence-corrected chi connectivity index (χ4v) is 11.6. The third-order valence-electron chi connectivity index (χ3n) is 13.9. The van der Waals surface area contributed by atoms with Crippen LogP contribution >= 0.6 is 11.3 Å².